The van der Waals surface area contributed by atoms with Gasteiger partial charge in [0.05, 0.1) is 26.9 Å². The van der Waals surface area contributed by atoms with Gasteiger partial charge in [-0.2, -0.15) is 0 Å². The summed E-state index contributed by atoms with van der Waals surface area (Å²) in [7, 11) is 0. The van der Waals surface area contributed by atoms with E-state index in [1.807, 2.05) is 24.3 Å². The molecule has 0 aliphatic rings. The smallest absolute Gasteiger partial charge is 0.271 e. The van der Waals surface area contributed by atoms with Crippen molar-refractivity contribution in [2.75, 3.05) is 11.1 Å². The SMILES string of the molecule is Cc1nc(SCC(=O)Nc2cc([N+](=O)[O-])ccc2Cl)c2ccccc2n1. The standard InChI is InChI=1S/C17H13ClN4O3S/c1-10-19-14-5-3-2-4-12(14)17(20-10)26-9-16(23)21-15-8-11(22(24)25)6-7-13(15)18/h2-8H,9H2,1H3,(H,21,23). The number of carbonyl (C=O) groups is 1. The molecule has 1 N–H and O–H groups in total. The van der Waals surface area contributed by atoms with E-state index in [0.717, 1.165) is 10.9 Å². The van der Waals surface area contributed by atoms with Gasteiger partial charge in [-0.05, 0) is 19.1 Å². The van der Waals surface area contributed by atoms with E-state index >= 15 is 0 Å². The molecule has 0 atom stereocenters. The molecule has 132 valence electrons. The second-order valence-corrected chi connectivity index (χ2v) is 6.72. The van der Waals surface area contributed by atoms with Gasteiger partial charge in [-0.15, -0.1) is 0 Å². The molecule has 0 bridgehead atoms. The van der Waals surface area contributed by atoms with Crippen LogP contribution >= 0.6 is 23.4 Å². The van der Waals surface area contributed by atoms with Crippen molar-refractivity contribution in [2.24, 2.45) is 0 Å². The third-order valence-corrected chi connectivity index (χ3v) is 4.78. The maximum Gasteiger partial charge on any atom is 0.271 e. The van der Waals surface area contributed by atoms with Crippen molar-refractivity contribution < 1.29 is 9.72 Å². The lowest BCUT2D eigenvalue weighted by atomic mass is 10.2. The van der Waals surface area contributed by atoms with Gasteiger partial charge in [-0.3, -0.25) is 14.9 Å². The third-order valence-electron chi connectivity index (χ3n) is 3.45. The quantitative estimate of drug-likeness (QED) is 0.304. The Morgan fingerprint density at radius 3 is 2.81 bits per heavy atom. The molecule has 9 heteroatoms. The highest BCUT2D eigenvalue weighted by atomic mass is 35.5. The Kier molecular flexibility index (Phi) is 5.34. The first kappa shape index (κ1) is 18.1. The fourth-order valence-electron chi connectivity index (χ4n) is 2.31. The van der Waals surface area contributed by atoms with Crippen molar-refractivity contribution >= 4 is 51.5 Å². The van der Waals surface area contributed by atoms with E-state index in [1.165, 1.54) is 30.0 Å². The Hall–Kier alpha value is -2.71. The van der Waals surface area contributed by atoms with Gasteiger partial charge < -0.3 is 5.32 Å². The summed E-state index contributed by atoms with van der Waals surface area (Å²) in [6.45, 7) is 1.79. The molecular formula is C17H13ClN4O3S. The topological polar surface area (TPSA) is 98.0 Å². The van der Waals surface area contributed by atoms with E-state index in [4.69, 9.17) is 11.6 Å². The number of thioether (sulfide) groups is 1. The minimum atomic E-state index is -0.545. The Labute approximate surface area is 157 Å². The molecule has 0 aliphatic carbocycles. The number of halogens is 1. The van der Waals surface area contributed by atoms with Gasteiger partial charge in [0.2, 0.25) is 5.91 Å². The van der Waals surface area contributed by atoms with Crippen LogP contribution in [0.2, 0.25) is 5.02 Å². The Bertz CT molecular complexity index is 1010. The molecule has 2 aromatic carbocycles. The fraction of sp³-hybridized carbons (Fsp3) is 0.118. The van der Waals surface area contributed by atoms with Crippen LogP contribution in [0.25, 0.3) is 10.9 Å². The number of carbonyl (C=O) groups excluding carboxylic acids is 1. The van der Waals surface area contributed by atoms with Crippen molar-refractivity contribution in [3.63, 3.8) is 0 Å². The van der Waals surface area contributed by atoms with Crippen LogP contribution in [0.15, 0.2) is 47.5 Å². The molecule has 0 aliphatic heterocycles. The summed E-state index contributed by atoms with van der Waals surface area (Å²) in [5.41, 5.74) is 0.870. The number of hydrogen-bond donors (Lipinski definition) is 1. The molecule has 0 saturated carbocycles. The van der Waals surface area contributed by atoms with Crippen molar-refractivity contribution in [2.45, 2.75) is 11.9 Å². The summed E-state index contributed by atoms with van der Waals surface area (Å²) in [5, 5.41) is 15.2. The number of nitrogens with zero attached hydrogens (tertiary/aromatic N) is 3. The first-order valence-corrected chi connectivity index (χ1v) is 8.90. The molecule has 1 amide bonds. The predicted molar refractivity (Wildman–Crippen MR) is 102 cm³/mol. The van der Waals surface area contributed by atoms with Gasteiger partial charge >= 0.3 is 0 Å². The van der Waals surface area contributed by atoms with Gasteiger partial charge in [-0.1, -0.05) is 41.6 Å². The molecule has 3 rings (SSSR count). The number of rotatable bonds is 5. The molecular weight excluding hydrogens is 376 g/mol. The highest BCUT2D eigenvalue weighted by Crippen LogP contribution is 2.28. The number of para-hydroxylation sites is 1. The predicted octanol–water partition coefficient (Wildman–Crippen LogP) is 4.23. The Morgan fingerprint density at radius 2 is 2.04 bits per heavy atom. The van der Waals surface area contributed by atoms with E-state index in [9.17, 15) is 14.9 Å². The summed E-state index contributed by atoms with van der Waals surface area (Å²) >= 11 is 7.26. The molecule has 7 nitrogen and oxygen atoms in total. The number of anilines is 1. The maximum absolute atomic E-state index is 12.2. The molecule has 1 aromatic heterocycles. The molecule has 0 spiro atoms. The number of nitro groups is 1. The molecule has 3 aromatic rings. The van der Waals surface area contributed by atoms with Crippen molar-refractivity contribution in [1.29, 1.82) is 0 Å². The molecule has 0 saturated heterocycles. The number of aromatic nitrogens is 2. The maximum atomic E-state index is 12.2. The summed E-state index contributed by atoms with van der Waals surface area (Å²) in [4.78, 5) is 31.3. The number of nitrogens with one attached hydrogen (secondary N) is 1. The number of amides is 1. The van der Waals surface area contributed by atoms with Crippen LogP contribution in [0.3, 0.4) is 0 Å². The zero-order valence-electron chi connectivity index (χ0n) is 13.6. The summed E-state index contributed by atoms with van der Waals surface area (Å²) < 4.78 is 0. The number of nitro benzene ring substituents is 1. The number of aryl methyl sites for hydroxylation is 1. The van der Waals surface area contributed by atoms with Gasteiger partial charge in [-0.25, -0.2) is 9.97 Å². The lowest BCUT2D eigenvalue weighted by Gasteiger charge is -2.08. The van der Waals surface area contributed by atoms with Crippen LogP contribution in [0, 0.1) is 17.0 Å². The summed E-state index contributed by atoms with van der Waals surface area (Å²) in [5.74, 6) is 0.366. The van der Waals surface area contributed by atoms with E-state index < -0.39 is 4.92 Å². The molecule has 1 heterocycles. The van der Waals surface area contributed by atoms with Crippen LogP contribution in [-0.4, -0.2) is 26.6 Å². The lowest BCUT2D eigenvalue weighted by Crippen LogP contribution is -2.14. The largest absolute Gasteiger partial charge is 0.324 e. The Balaban J connectivity index is 1.74. The highest BCUT2D eigenvalue weighted by Gasteiger charge is 2.13. The van der Waals surface area contributed by atoms with Crippen LogP contribution < -0.4 is 5.32 Å². The second-order valence-electron chi connectivity index (χ2n) is 5.35. The lowest BCUT2D eigenvalue weighted by molar-refractivity contribution is -0.384. The molecule has 0 unspecified atom stereocenters. The minimum absolute atomic E-state index is 0.0828. The number of non-ortho nitro benzene ring substituents is 1. The average Bonchev–Trinajstić information content (AvgIpc) is 2.61. The van der Waals surface area contributed by atoms with Crippen molar-refractivity contribution in [3.8, 4) is 0 Å². The first-order valence-electron chi connectivity index (χ1n) is 7.54. The van der Waals surface area contributed by atoms with Crippen molar-refractivity contribution in [3.05, 3.63) is 63.4 Å². The monoisotopic (exact) mass is 388 g/mol. The minimum Gasteiger partial charge on any atom is -0.324 e. The van der Waals surface area contributed by atoms with E-state index in [0.29, 0.717) is 10.9 Å². The van der Waals surface area contributed by atoms with Gasteiger partial charge in [0, 0.05) is 17.5 Å². The van der Waals surface area contributed by atoms with E-state index in [2.05, 4.69) is 15.3 Å². The summed E-state index contributed by atoms with van der Waals surface area (Å²) in [6, 6.07) is 11.4. The zero-order chi connectivity index (χ0) is 18.7. The fourth-order valence-corrected chi connectivity index (χ4v) is 3.34. The number of fused-ring (bicyclic) bond motifs is 1. The second kappa shape index (κ2) is 7.67. The van der Waals surface area contributed by atoms with Gasteiger partial charge in [0.1, 0.15) is 10.9 Å². The van der Waals surface area contributed by atoms with Crippen LogP contribution in [0.4, 0.5) is 11.4 Å². The van der Waals surface area contributed by atoms with E-state index in [1.54, 1.807) is 6.92 Å². The van der Waals surface area contributed by atoms with Crippen LogP contribution in [0.1, 0.15) is 5.82 Å². The van der Waals surface area contributed by atoms with Crippen LogP contribution in [-0.2, 0) is 4.79 Å². The van der Waals surface area contributed by atoms with Gasteiger partial charge in [0.15, 0.2) is 0 Å². The van der Waals surface area contributed by atoms with Crippen molar-refractivity contribution in [1.82, 2.24) is 9.97 Å². The number of benzene rings is 2. The molecule has 0 fully saturated rings. The first-order chi connectivity index (χ1) is 12.4. The molecule has 26 heavy (non-hydrogen) atoms. The summed E-state index contributed by atoms with van der Waals surface area (Å²) in [6.07, 6.45) is 0. The van der Waals surface area contributed by atoms with E-state index in [-0.39, 0.29) is 28.1 Å². The Morgan fingerprint density at radius 1 is 1.27 bits per heavy atom. The third kappa shape index (κ3) is 4.09. The number of hydrogen-bond acceptors (Lipinski definition) is 6. The average molecular weight is 389 g/mol. The normalized spacial score (nSPS) is 10.7. The van der Waals surface area contributed by atoms with Gasteiger partial charge in [0.25, 0.3) is 5.69 Å². The molecule has 0 radical (unpaired) electrons. The van der Waals surface area contributed by atoms with Crippen LogP contribution in [0.5, 0.6) is 0 Å². The zero-order valence-corrected chi connectivity index (χ0v) is 15.2. The highest BCUT2D eigenvalue weighted by molar-refractivity contribution is 8.00.